The minimum Gasteiger partial charge on any atom is -0.457 e. The van der Waals surface area contributed by atoms with Crippen LogP contribution in [0.1, 0.15) is 24.0 Å². The minimum absolute atomic E-state index is 0.0292. The standard InChI is InChI=1S/C23H20ClF3N2O4S2/c24-20-9-10-21(34-20)35(31,32)29-11-3-8-19(29)22(30)28-14-15-4-1-6-17(12-15)33-18-7-2-5-16(13-18)23(25,26)27/h1-2,4-7,9-10,12-13,19H,3,8,11,14H2,(H,28,30)/t19-/m0/s1. The maximum Gasteiger partial charge on any atom is 0.416 e. The van der Waals surface area contributed by atoms with Crippen LogP contribution in [0.2, 0.25) is 4.34 Å². The number of ether oxygens (including phenoxy) is 1. The molecule has 0 radical (unpaired) electrons. The molecule has 1 atom stereocenters. The van der Waals surface area contributed by atoms with Crippen molar-refractivity contribution < 1.29 is 31.1 Å². The largest absolute Gasteiger partial charge is 0.457 e. The molecule has 1 fully saturated rings. The quantitative estimate of drug-likeness (QED) is 0.415. The van der Waals surface area contributed by atoms with Crippen molar-refractivity contribution in [1.29, 1.82) is 0 Å². The van der Waals surface area contributed by atoms with Gasteiger partial charge in [0.1, 0.15) is 21.8 Å². The summed E-state index contributed by atoms with van der Waals surface area (Å²) < 4.78 is 71.9. The van der Waals surface area contributed by atoms with Crippen molar-refractivity contribution in [2.75, 3.05) is 6.54 Å². The summed E-state index contributed by atoms with van der Waals surface area (Å²) in [5.41, 5.74) is -0.181. The van der Waals surface area contributed by atoms with Gasteiger partial charge in [-0.05, 0) is 60.9 Å². The summed E-state index contributed by atoms with van der Waals surface area (Å²) in [5, 5.41) is 2.75. The molecule has 1 aliphatic rings. The van der Waals surface area contributed by atoms with E-state index in [1.165, 1.54) is 28.6 Å². The average molecular weight is 545 g/mol. The lowest BCUT2D eigenvalue weighted by Crippen LogP contribution is -2.45. The monoisotopic (exact) mass is 544 g/mol. The van der Waals surface area contributed by atoms with Crippen molar-refractivity contribution >= 4 is 38.9 Å². The molecular weight excluding hydrogens is 525 g/mol. The van der Waals surface area contributed by atoms with Crippen LogP contribution < -0.4 is 10.1 Å². The van der Waals surface area contributed by atoms with E-state index in [0.29, 0.717) is 28.5 Å². The van der Waals surface area contributed by atoms with Crippen LogP contribution in [-0.4, -0.2) is 31.2 Å². The van der Waals surface area contributed by atoms with Crippen LogP contribution in [0.4, 0.5) is 13.2 Å². The molecule has 35 heavy (non-hydrogen) atoms. The number of nitrogens with zero attached hydrogens (tertiary/aromatic N) is 1. The molecule has 12 heteroatoms. The predicted octanol–water partition coefficient (Wildman–Crippen LogP) is 5.68. The third-order valence-corrected chi connectivity index (χ3v) is 8.99. The van der Waals surface area contributed by atoms with Gasteiger partial charge in [-0.3, -0.25) is 4.79 Å². The van der Waals surface area contributed by atoms with Gasteiger partial charge < -0.3 is 10.1 Å². The van der Waals surface area contributed by atoms with E-state index < -0.39 is 33.7 Å². The molecule has 2 aromatic carbocycles. The maximum atomic E-state index is 13.0. The number of hydrogen-bond acceptors (Lipinski definition) is 5. The van der Waals surface area contributed by atoms with Crippen molar-refractivity contribution in [3.05, 3.63) is 76.1 Å². The molecule has 0 saturated carbocycles. The second-order valence-electron chi connectivity index (χ2n) is 7.83. The first kappa shape index (κ1) is 25.5. The molecule has 0 unspecified atom stereocenters. The van der Waals surface area contributed by atoms with Gasteiger partial charge in [-0.25, -0.2) is 8.42 Å². The number of alkyl halides is 3. The number of nitrogens with one attached hydrogen (secondary N) is 1. The second kappa shape index (κ2) is 10.2. The van der Waals surface area contributed by atoms with Crippen LogP contribution in [0.25, 0.3) is 0 Å². The number of rotatable bonds is 7. The normalized spacial score (nSPS) is 16.9. The lowest BCUT2D eigenvalue weighted by atomic mass is 10.2. The zero-order chi connectivity index (χ0) is 25.2. The third-order valence-electron chi connectivity index (χ3n) is 5.38. The first-order chi connectivity index (χ1) is 16.5. The molecule has 2 heterocycles. The molecule has 1 N–H and O–H groups in total. The van der Waals surface area contributed by atoms with Gasteiger partial charge in [0.25, 0.3) is 10.0 Å². The van der Waals surface area contributed by atoms with Crippen molar-refractivity contribution in [3.8, 4) is 11.5 Å². The number of carbonyl (C=O) groups excluding carboxylic acids is 1. The third kappa shape index (κ3) is 5.97. The van der Waals surface area contributed by atoms with Crippen LogP contribution in [0.3, 0.4) is 0 Å². The number of carbonyl (C=O) groups is 1. The van der Waals surface area contributed by atoms with E-state index in [0.717, 1.165) is 23.5 Å². The molecular formula is C23H20ClF3N2O4S2. The Morgan fingerprint density at radius 2 is 1.83 bits per heavy atom. The number of benzene rings is 2. The van der Waals surface area contributed by atoms with E-state index in [4.69, 9.17) is 16.3 Å². The van der Waals surface area contributed by atoms with Crippen molar-refractivity contribution in [1.82, 2.24) is 9.62 Å². The van der Waals surface area contributed by atoms with Crippen LogP contribution in [0.5, 0.6) is 11.5 Å². The fraction of sp³-hybridized carbons (Fsp3) is 0.261. The van der Waals surface area contributed by atoms with E-state index in [1.807, 2.05) is 0 Å². The average Bonchev–Trinajstić information content (AvgIpc) is 3.47. The van der Waals surface area contributed by atoms with Crippen molar-refractivity contribution in [3.63, 3.8) is 0 Å². The summed E-state index contributed by atoms with van der Waals surface area (Å²) in [6.07, 6.45) is -3.54. The van der Waals surface area contributed by atoms with Gasteiger partial charge in [-0.1, -0.05) is 29.8 Å². The Hall–Kier alpha value is -2.60. The van der Waals surface area contributed by atoms with E-state index in [9.17, 15) is 26.4 Å². The van der Waals surface area contributed by atoms with Gasteiger partial charge in [0.05, 0.1) is 9.90 Å². The molecule has 3 aromatic rings. The SMILES string of the molecule is O=C(NCc1cccc(Oc2cccc(C(F)(F)F)c2)c1)[C@@H]1CCCN1S(=O)(=O)c1ccc(Cl)s1. The Morgan fingerprint density at radius 1 is 1.11 bits per heavy atom. The molecule has 1 amide bonds. The summed E-state index contributed by atoms with van der Waals surface area (Å²) in [4.78, 5) is 12.8. The van der Waals surface area contributed by atoms with Crippen molar-refractivity contribution in [2.24, 2.45) is 0 Å². The van der Waals surface area contributed by atoms with Crippen LogP contribution >= 0.6 is 22.9 Å². The van der Waals surface area contributed by atoms with E-state index in [-0.39, 0.29) is 23.0 Å². The highest BCUT2D eigenvalue weighted by Crippen LogP contribution is 2.34. The highest BCUT2D eigenvalue weighted by molar-refractivity contribution is 7.91. The Labute approximate surface area is 209 Å². The topological polar surface area (TPSA) is 75.7 Å². The Morgan fingerprint density at radius 3 is 2.51 bits per heavy atom. The van der Waals surface area contributed by atoms with Crippen LogP contribution in [0.15, 0.2) is 64.9 Å². The molecule has 4 rings (SSSR count). The summed E-state index contributed by atoms with van der Waals surface area (Å²) in [6.45, 7) is 0.324. The zero-order valence-electron chi connectivity index (χ0n) is 18.1. The lowest BCUT2D eigenvalue weighted by Gasteiger charge is -2.22. The van der Waals surface area contributed by atoms with E-state index in [1.54, 1.807) is 24.3 Å². The van der Waals surface area contributed by atoms with Crippen LogP contribution in [-0.2, 0) is 27.5 Å². The minimum atomic E-state index is -4.48. The first-order valence-electron chi connectivity index (χ1n) is 10.5. The predicted molar refractivity (Wildman–Crippen MR) is 126 cm³/mol. The molecule has 0 aliphatic carbocycles. The number of halogens is 4. The summed E-state index contributed by atoms with van der Waals surface area (Å²) in [5.74, 6) is -0.102. The number of amides is 1. The molecule has 0 spiro atoms. The Bertz CT molecular complexity index is 1330. The van der Waals surface area contributed by atoms with Gasteiger partial charge in [0.15, 0.2) is 0 Å². The molecule has 0 bridgehead atoms. The van der Waals surface area contributed by atoms with Gasteiger partial charge in [-0.2, -0.15) is 17.5 Å². The fourth-order valence-electron chi connectivity index (χ4n) is 3.74. The lowest BCUT2D eigenvalue weighted by molar-refractivity contribution is -0.137. The maximum absolute atomic E-state index is 13.0. The molecule has 1 saturated heterocycles. The Kier molecular flexibility index (Phi) is 7.41. The molecule has 6 nitrogen and oxygen atoms in total. The summed E-state index contributed by atoms with van der Waals surface area (Å²) in [6, 6.07) is 13.2. The smallest absolute Gasteiger partial charge is 0.416 e. The summed E-state index contributed by atoms with van der Waals surface area (Å²) in [7, 11) is -3.84. The highest BCUT2D eigenvalue weighted by Gasteiger charge is 2.40. The molecule has 1 aliphatic heterocycles. The van der Waals surface area contributed by atoms with E-state index in [2.05, 4.69) is 5.32 Å². The highest BCUT2D eigenvalue weighted by atomic mass is 35.5. The van der Waals surface area contributed by atoms with Gasteiger partial charge in [0.2, 0.25) is 5.91 Å². The summed E-state index contributed by atoms with van der Waals surface area (Å²) >= 11 is 6.81. The Balaban J connectivity index is 1.41. The van der Waals surface area contributed by atoms with Gasteiger partial charge in [0, 0.05) is 13.1 Å². The van der Waals surface area contributed by atoms with Gasteiger partial charge >= 0.3 is 6.18 Å². The van der Waals surface area contributed by atoms with Crippen molar-refractivity contribution in [2.45, 2.75) is 35.8 Å². The second-order valence-corrected chi connectivity index (χ2v) is 11.7. The van der Waals surface area contributed by atoms with Gasteiger partial charge in [-0.15, -0.1) is 11.3 Å². The number of thiophene rings is 1. The van der Waals surface area contributed by atoms with Crippen LogP contribution in [0, 0.1) is 0 Å². The molecule has 1 aromatic heterocycles. The first-order valence-corrected chi connectivity index (χ1v) is 13.2. The number of sulfonamides is 1. The zero-order valence-corrected chi connectivity index (χ0v) is 20.5. The molecule has 186 valence electrons. The number of hydrogen-bond donors (Lipinski definition) is 1. The van der Waals surface area contributed by atoms with E-state index >= 15 is 0 Å². The fourth-order valence-corrected chi connectivity index (χ4v) is 7.01.